The van der Waals surface area contributed by atoms with Crippen molar-refractivity contribution in [3.05, 3.63) is 72.1 Å². The predicted molar refractivity (Wildman–Crippen MR) is 150 cm³/mol. The summed E-state index contributed by atoms with van der Waals surface area (Å²) >= 11 is 0. The Morgan fingerprint density at radius 2 is 1.55 bits per heavy atom. The molecular weight excluding hydrogens is 496 g/mol. The van der Waals surface area contributed by atoms with Crippen molar-refractivity contribution in [2.45, 2.75) is 57.9 Å². The molecule has 0 unspecified atom stereocenters. The van der Waals surface area contributed by atoms with Crippen molar-refractivity contribution < 1.29 is 13.2 Å². The molecule has 38 heavy (non-hydrogen) atoms. The van der Waals surface area contributed by atoms with Gasteiger partial charge in [-0.1, -0.05) is 50.2 Å². The van der Waals surface area contributed by atoms with Gasteiger partial charge in [-0.2, -0.15) is 9.40 Å². The predicted octanol–water partition coefficient (Wildman–Crippen LogP) is 5.28. The van der Waals surface area contributed by atoms with Gasteiger partial charge in [0, 0.05) is 25.2 Å². The molecule has 3 aromatic rings. The number of hydrogen-bond donors (Lipinski definition) is 0. The van der Waals surface area contributed by atoms with E-state index < -0.39 is 10.0 Å². The summed E-state index contributed by atoms with van der Waals surface area (Å²) in [6, 6.07) is 18.0. The molecule has 2 fully saturated rings. The minimum atomic E-state index is -3.58. The molecule has 204 valence electrons. The Morgan fingerprint density at radius 1 is 0.921 bits per heavy atom. The second-order valence-corrected chi connectivity index (χ2v) is 13.2. The highest BCUT2D eigenvalue weighted by Gasteiger charge is 2.41. The van der Waals surface area contributed by atoms with Crippen LogP contribution in [-0.4, -0.2) is 60.2 Å². The average molecular weight is 537 g/mol. The van der Waals surface area contributed by atoms with E-state index in [0.29, 0.717) is 29.6 Å². The zero-order valence-corrected chi connectivity index (χ0v) is 23.7. The van der Waals surface area contributed by atoms with Crippen molar-refractivity contribution >= 4 is 10.0 Å². The molecule has 8 heteroatoms. The van der Waals surface area contributed by atoms with Gasteiger partial charge in [-0.3, -0.25) is 4.90 Å². The van der Waals surface area contributed by atoms with Crippen LogP contribution in [0.4, 0.5) is 0 Å². The minimum absolute atomic E-state index is 0.236. The molecule has 7 nitrogen and oxygen atoms in total. The van der Waals surface area contributed by atoms with E-state index in [1.807, 2.05) is 43.3 Å². The lowest BCUT2D eigenvalue weighted by molar-refractivity contribution is 0.0525. The average Bonchev–Trinajstić information content (AvgIpc) is 3.32. The number of rotatable bonds is 8. The fraction of sp³-hybridized carbons (Fsp3) is 0.500. The second kappa shape index (κ2) is 11.2. The zero-order valence-electron chi connectivity index (χ0n) is 22.8. The Bertz CT molecular complexity index is 1320. The van der Waals surface area contributed by atoms with Crippen LogP contribution in [0, 0.1) is 18.3 Å². The SMILES string of the molecule is Cc1c(S(=O)(=O)N2CCC3(CCN(Cc4ccccc4OCC(C)C)CC3)CC2)cnn1-c1ccccc1. The lowest BCUT2D eigenvalue weighted by atomic mass is 9.71. The number of aromatic nitrogens is 2. The first kappa shape index (κ1) is 26.9. The van der Waals surface area contributed by atoms with E-state index in [-0.39, 0.29) is 5.41 Å². The van der Waals surface area contributed by atoms with Crippen LogP contribution in [0.25, 0.3) is 5.69 Å². The molecule has 3 heterocycles. The van der Waals surface area contributed by atoms with Crippen LogP contribution in [0.5, 0.6) is 5.75 Å². The van der Waals surface area contributed by atoms with Crippen molar-refractivity contribution in [1.29, 1.82) is 0 Å². The molecule has 5 rings (SSSR count). The lowest BCUT2D eigenvalue weighted by Crippen LogP contribution is -2.48. The fourth-order valence-corrected chi connectivity index (χ4v) is 7.36. The number of piperidine rings is 2. The number of benzene rings is 2. The van der Waals surface area contributed by atoms with Crippen molar-refractivity contribution in [2.24, 2.45) is 11.3 Å². The Balaban J connectivity index is 1.18. The maximum atomic E-state index is 13.6. The molecule has 2 aliphatic heterocycles. The first-order valence-electron chi connectivity index (χ1n) is 13.8. The van der Waals surface area contributed by atoms with Gasteiger partial charge in [0.05, 0.1) is 24.2 Å². The Morgan fingerprint density at radius 3 is 2.24 bits per heavy atom. The Kier molecular flexibility index (Phi) is 7.93. The summed E-state index contributed by atoms with van der Waals surface area (Å²) in [6.45, 7) is 11.0. The van der Waals surface area contributed by atoms with Gasteiger partial charge in [-0.25, -0.2) is 13.1 Å². The van der Waals surface area contributed by atoms with E-state index in [4.69, 9.17) is 4.74 Å². The summed E-state index contributed by atoms with van der Waals surface area (Å²) in [5.41, 5.74) is 3.00. The normalized spacial score (nSPS) is 18.7. The highest BCUT2D eigenvalue weighted by Crippen LogP contribution is 2.43. The van der Waals surface area contributed by atoms with Gasteiger partial charge in [0.15, 0.2) is 0 Å². The maximum absolute atomic E-state index is 13.6. The standard InChI is InChI=1S/C30H40N4O3S/c1-24(2)23-37-28-12-8-7-9-26(28)22-32-17-13-30(14-18-32)15-19-33(20-16-30)38(35,36)29-21-31-34(25(29)3)27-10-5-4-6-11-27/h4-12,21,24H,13-20,22-23H2,1-3H3. The van der Waals surface area contributed by atoms with E-state index in [1.165, 1.54) is 11.8 Å². The van der Waals surface area contributed by atoms with Gasteiger partial charge in [-0.05, 0) is 75.2 Å². The smallest absolute Gasteiger partial charge is 0.246 e. The summed E-state index contributed by atoms with van der Waals surface area (Å²) in [4.78, 5) is 2.83. The summed E-state index contributed by atoms with van der Waals surface area (Å²) in [5, 5.41) is 4.40. The van der Waals surface area contributed by atoms with Crippen molar-refractivity contribution in [3.8, 4) is 11.4 Å². The van der Waals surface area contributed by atoms with Crippen molar-refractivity contribution in [3.63, 3.8) is 0 Å². The van der Waals surface area contributed by atoms with Gasteiger partial charge >= 0.3 is 0 Å². The van der Waals surface area contributed by atoms with Crippen molar-refractivity contribution in [2.75, 3.05) is 32.8 Å². The third kappa shape index (κ3) is 5.67. The summed E-state index contributed by atoms with van der Waals surface area (Å²) < 4.78 is 36.6. The molecule has 0 radical (unpaired) electrons. The molecule has 2 aromatic carbocycles. The molecular formula is C30H40N4O3S. The third-order valence-electron chi connectivity index (χ3n) is 8.22. The minimum Gasteiger partial charge on any atom is -0.493 e. The molecule has 0 saturated carbocycles. The number of para-hydroxylation sites is 2. The molecule has 0 aliphatic carbocycles. The molecule has 0 atom stereocenters. The first-order chi connectivity index (χ1) is 18.3. The largest absolute Gasteiger partial charge is 0.493 e. The van der Waals surface area contributed by atoms with Crippen LogP contribution in [0.1, 0.15) is 50.8 Å². The van der Waals surface area contributed by atoms with Crippen LogP contribution in [0.2, 0.25) is 0 Å². The summed E-state index contributed by atoms with van der Waals surface area (Å²) in [5.74, 6) is 1.49. The number of nitrogens with zero attached hydrogens (tertiary/aromatic N) is 4. The molecule has 0 amide bonds. The molecule has 0 N–H and O–H groups in total. The van der Waals surface area contributed by atoms with Crippen LogP contribution in [-0.2, 0) is 16.6 Å². The number of sulfonamides is 1. The molecule has 0 bridgehead atoms. The topological polar surface area (TPSA) is 67.7 Å². The van der Waals surface area contributed by atoms with Gasteiger partial charge < -0.3 is 4.74 Å². The second-order valence-electron chi connectivity index (χ2n) is 11.3. The zero-order chi connectivity index (χ0) is 26.8. The van der Waals surface area contributed by atoms with Gasteiger partial charge in [-0.15, -0.1) is 0 Å². The Labute approximate surface area is 227 Å². The summed E-state index contributed by atoms with van der Waals surface area (Å²) in [7, 11) is -3.58. The van der Waals surface area contributed by atoms with Crippen LogP contribution >= 0.6 is 0 Å². The van der Waals surface area contributed by atoms with Crippen LogP contribution in [0.3, 0.4) is 0 Å². The van der Waals surface area contributed by atoms with E-state index in [9.17, 15) is 8.42 Å². The molecule has 2 aliphatic rings. The van der Waals surface area contributed by atoms with E-state index in [1.54, 1.807) is 8.99 Å². The molecule has 1 spiro atoms. The van der Waals surface area contributed by atoms with Gasteiger partial charge in [0.2, 0.25) is 10.0 Å². The van der Waals surface area contributed by atoms with E-state index >= 15 is 0 Å². The molecule has 2 saturated heterocycles. The first-order valence-corrected chi connectivity index (χ1v) is 15.2. The van der Waals surface area contributed by atoms with Crippen LogP contribution < -0.4 is 4.74 Å². The molecule has 1 aromatic heterocycles. The van der Waals surface area contributed by atoms with E-state index in [2.05, 4.69) is 42.0 Å². The summed E-state index contributed by atoms with van der Waals surface area (Å²) in [6.07, 6.45) is 5.56. The fourth-order valence-electron chi connectivity index (χ4n) is 5.78. The quantitative estimate of drug-likeness (QED) is 0.392. The lowest BCUT2D eigenvalue weighted by Gasteiger charge is -2.46. The maximum Gasteiger partial charge on any atom is 0.246 e. The van der Waals surface area contributed by atoms with Crippen LogP contribution in [0.15, 0.2) is 65.7 Å². The number of likely N-dealkylation sites (tertiary alicyclic amines) is 1. The van der Waals surface area contributed by atoms with Gasteiger partial charge in [0.1, 0.15) is 10.6 Å². The van der Waals surface area contributed by atoms with Gasteiger partial charge in [0.25, 0.3) is 0 Å². The Hall–Kier alpha value is -2.68. The number of hydrogen-bond acceptors (Lipinski definition) is 5. The number of ether oxygens (including phenoxy) is 1. The van der Waals surface area contributed by atoms with Crippen molar-refractivity contribution in [1.82, 2.24) is 19.0 Å². The van der Waals surface area contributed by atoms with E-state index in [0.717, 1.165) is 63.4 Å². The monoisotopic (exact) mass is 536 g/mol. The highest BCUT2D eigenvalue weighted by atomic mass is 32.2. The highest BCUT2D eigenvalue weighted by molar-refractivity contribution is 7.89. The third-order valence-corrected chi connectivity index (χ3v) is 10.2.